The van der Waals surface area contributed by atoms with E-state index in [1.54, 1.807) is 18.2 Å². The SMILES string of the molecule is O=S(=O)(Cl)c1ccc(OCc2ccc(Br)cc2Cl)cc1. The van der Waals surface area contributed by atoms with Crippen molar-refractivity contribution in [2.24, 2.45) is 0 Å². The maximum Gasteiger partial charge on any atom is 0.261 e. The molecule has 0 radical (unpaired) electrons. The topological polar surface area (TPSA) is 43.4 Å². The molecule has 0 bridgehead atoms. The molecule has 0 aliphatic rings. The van der Waals surface area contributed by atoms with Crippen LogP contribution in [0.2, 0.25) is 5.02 Å². The van der Waals surface area contributed by atoms with Gasteiger partial charge in [0.05, 0.1) is 4.90 Å². The maximum atomic E-state index is 11.1. The summed E-state index contributed by atoms with van der Waals surface area (Å²) in [5.41, 5.74) is 0.837. The average molecular weight is 396 g/mol. The number of hydrogen-bond donors (Lipinski definition) is 0. The fourth-order valence-corrected chi connectivity index (χ4v) is 3.00. The molecule has 0 spiro atoms. The van der Waals surface area contributed by atoms with Gasteiger partial charge in [-0.15, -0.1) is 0 Å². The zero-order valence-electron chi connectivity index (χ0n) is 10.0. The van der Waals surface area contributed by atoms with Gasteiger partial charge in [-0.05, 0) is 36.4 Å². The maximum absolute atomic E-state index is 11.1. The molecule has 0 atom stereocenters. The Bertz CT molecular complexity index is 715. The van der Waals surface area contributed by atoms with E-state index in [0.29, 0.717) is 17.4 Å². The van der Waals surface area contributed by atoms with E-state index in [1.807, 2.05) is 12.1 Å². The predicted octanol–water partition coefficient (Wildman–Crippen LogP) is 4.61. The lowest BCUT2D eigenvalue weighted by Gasteiger charge is -2.08. The summed E-state index contributed by atoms with van der Waals surface area (Å²) in [6, 6.07) is 11.4. The van der Waals surface area contributed by atoms with Crippen LogP contribution in [0.3, 0.4) is 0 Å². The highest BCUT2D eigenvalue weighted by molar-refractivity contribution is 9.10. The lowest BCUT2D eigenvalue weighted by molar-refractivity contribution is 0.306. The van der Waals surface area contributed by atoms with Crippen LogP contribution in [0.5, 0.6) is 5.75 Å². The minimum absolute atomic E-state index is 0.0354. The number of benzene rings is 2. The lowest BCUT2D eigenvalue weighted by atomic mass is 10.2. The molecule has 3 nitrogen and oxygen atoms in total. The smallest absolute Gasteiger partial charge is 0.261 e. The molecule has 0 heterocycles. The third-order valence-electron chi connectivity index (χ3n) is 2.51. The predicted molar refractivity (Wildman–Crippen MR) is 83.0 cm³/mol. The normalized spacial score (nSPS) is 11.3. The third kappa shape index (κ3) is 4.12. The standard InChI is InChI=1S/C13H9BrCl2O3S/c14-10-2-1-9(13(15)7-10)8-19-11-3-5-12(6-4-11)20(16,17)18/h1-7H,8H2. The van der Waals surface area contributed by atoms with Gasteiger partial charge in [-0.3, -0.25) is 0 Å². The monoisotopic (exact) mass is 394 g/mol. The molecule has 0 aromatic heterocycles. The molecule has 0 aliphatic heterocycles. The lowest BCUT2D eigenvalue weighted by Crippen LogP contribution is -1.97. The summed E-state index contributed by atoms with van der Waals surface area (Å²) in [7, 11) is 1.52. The van der Waals surface area contributed by atoms with Crippen molar-refractivity contribution >= 4 is 47.3 Å². The van der Waals surface area contributed by atoms with Gasteiger partial charge in [0.2, 0.25) is 0 Å². The third-order valence-corrected chi connectivity index (χ3v) is 4.73. The van der Waals surface area contributed by atoms with Crippen LogP contribution < -0.4 is 4.74 Å². The summed E-state index contributed by atoms with van der Waals surface area (Å²) in [4.78, 5) is 0.0354. The van der Waals surface area contributed by atoms with Crippen molar-refractivity contribution in [3.05, 3.63) is 57.5 Å². The quantitative estimate of drug-likeness (QED) is 0.710. The Hall–Kier alpha value is -0.750. The van der Waals surface area contributed by atoms with E-state index in [0.717, 1.165) is 10.0 Å². The first kappa shape index (κ1) is 15.6. The Morgan fingerprint density at radius 3 is 2.30 bits per heavy atom. The summed E-state index contributed by atoms with van der Waals surface area (Å²) >= 11 is 9.40. The Morgan fingerprint density at radius 2 is 1.75 bits per heavy atom. The van der Waals surface area contributed by atoms with Gasteiger partial charge in [-0.25, -0.2) is 8.42 Å². The van der Waals surface area contributed by atoms with Crippen molar-refractivity contribution in [3.63, 3.8) is 0 Å². The van der Waals surface area contributed by atoms with Gasteiger partial charge >= 0.3 is 0 Å². The second kappa shape index (κ2) is 6.35. The number of hydrogen-bond acceptors (Lipinski definition) is 3. The molecule has 0 unspecified atom stereocenters. The Labute approximate surface area is 135 Å². The molecular weight excluding hydrogens is 387 g/mol. The highest BCUT2D eigenvalue weighted by atomic mass is 79.9. The fourth-order valence-electron chi connectivity index (χ4n) is 1.50. The van der Waals surface area contributed by atoms with E-state index in [1.165, 1.54) is 12.1 Å². The first-order chi connectivity index (χ1) is 9.36. The minimum atomic E-state index is -3.71. The van der Waals surface area contributed by atoms with Crippen LogP contribution in [0.15, 0.2) is 51.8 Å². The molecule has 106 valence electrons. The summed E-state index contributed by atoms with van der Waals surface area (Å²) < 4.78 is 28.6. The number of halogens is 3. The van der Waals surface area contributed by atoms with Crippen molar-refractivity contribution in [2.45, 2.75) is 11.5 Å². The van der Waals surface area contributed by atoms with Gasteiger partial charge in [0, 0.05) is 25.7 Å². The molecule has 0 amide bonds. The molecule has 0 fully saturated rings. The molecule has 0 aliphatic carbocycles. The van der Waals surface area contributed by atoms with Crippen LogP contribution >= 0.6 is 38.2 Å². The zero-order valence-corrected chi connectivity index (χ0v) is 13.9. The summed E-state index contributed by atoms with van der Waals surface area (Å²) in [6.07, 6.45) is 0. The fraction of sp³-hybridized carbons (Fsp3) is 0.0769. The molecule has 7 heteroatoms. The van der Waals surface area contributed by atoms with Gasteiger partial charge in [0.25, 0.3) is 9.05 Å². The minimum Gasteiger partial charge on any atom is -0.489 e. The number of rotatable bonds is 4. The van der Waals surface area contributed by atoms with Crippen molar-refractivity contribution in [3.8, 4) is 5.75 Å². The van der Waals surface area contributed by atoms with Gasteiger partial charge < -0.3 is 4.74 Å². The first-order valence-electron chi connectivity index (χ1n) is 5.48. The van der Waals surface area contributed by atoms with Gasteiger partial charge in [-0.2, -0.15) is 0 Å². The van der Waals surface area contributed by atoms with E-state index in [4.69, 9.17) is 27.0 Å². The molecule has 2 rings (SSSR count). The van der Waals surface area contributed by atoms with Crippen LogP contribution in [-0.2, 0) is 15.7 Å². The molecule has 0 saturated heterocycles. The van der Waals surface area contributed by atoms with Crippen LogP contribution in [0, 0.1) is 0 Å². The first-order valence-corrected chi connectivity index (χ1v) is 8.96. The molecule has 20 heavy (non-hydrogen) atoms. The van der Waals surface area contributed by atoms with E-state index in [9.17, 15) is 8.42 Å². The van der Waals surface area contributed by atoms with Gasteiger partial charge in [0.15, 0.2) is 0 Å². The van der Waals surface area contributed by atoms with E-state index >= 15 is 0 Å². The van der Waals surface area contributed by atoms with Crippen molar-refractivity contribution in [1.82, 2.24) is 0 Å². The Balaban J connectivity index is 2.08. The second-order valence-electron chi connectivity index (χ2n) is 3.93. The van der Waals surface area contributed by atoms with Crippen LogP contribution in [-0.4, -0.2) is 8.42 Å². The summed E-state index contributed by atoms with van der Waals surface area (Å²) in [6.45, 7) is 0.291. The zero-order chi connectivity index (χ0) is 14.8. The average Bonchev–Trinajstić information content (AvgIpc) is 2.37. The second-order valence-corrected chi connectivity index (χ2v) is 7.82. The Morgan fingerprint density at radius 1 is 1.10 bits per heavy atom. The van der Waals surface area contributed by atoms with Crippen molar-refractivity contribution in [2.75, 3.05) is 0 Å². The van der Waals surface area contributed by atoms with Crippen molar-refractivity contribution < 1.29 is 13.2 Å². The summed E-state index contributed by atoms with van der Waals surface area (Å²) in [5, 5.41) is 0.597. The van der Waals surface area contributed by atoms with E-state index in [2.05, 4.69) is 15.9 Å². The molecule has 0 saturated carbocycles. The molecular formula is C13H9BrCl2O3S. The largest absolute Gasteiger partial charge is 0.489 e. The summed E-state index contributed by atoms with van der Waals surface area (Å²) in [5.74, 6) is 0.535. The number of ether oxygens (including phenoxy) is 1. The van der Waals surface area contributed by atoms with E-state index in [-0.39, 0.29) is 4.90 Å². The molecule has 2 aromatic rings. The van der Waals surface area contributed by atoms with Crippen LogP contribution in [0.1, 0.15) is 5.56 Å². The highest BCUT2D eigenvalue weighted by Crippen LogP contribution is 2.24. The highest BCUT2D eigenvalue weighted by Gasteiger charge is 2.09. The van der Waals surface area contributed by atoms with Crippen LogP contribution in [0.4, 0.5) is 0 Å². The molecule has 2 aromatic carbocycles. The van der Waals surface area contributed by atoms with Gasteiger partial charge in [-0.1, -0.05) is 33.6 Å². The van der Waals surface area contributed by atoms with E-state index < -0.39 is 9.05 Å². The Kier molecular flexibility index (Phi) is 4.96. The van der Waals surface area contributed by atoms with Crippen LogP contribution in [0.25, 0.3) is 0 Å². The molecule has 0 N–H and O–H groups in total. The van der Waals surface area contributed by atoms with Crippen molar-refractivity contribution in [1.29, 1.82) is 0 Å². The van der Waals surface area contributed by atoms with Gasteiger partial charge in [0.1, 0.15) is 12.4 Å².